The molecule has 1 aliphatic rings. The molecule has 0 saturated carbocycles. The molecule has 0 amide bonds. The van der Waals surface area contributed by atoms with E-state index in [1.54, 1.807) is 36.4 Å². The van der Waals surface area contributed by atoms with E-state index in [9.17, 15) is 12.8 Å². The zero-order chi connectivity index (χ0) is 18.9. The summed E-state index contributed by atoms with van der Waals surface area (Å²) < 4.78 is 41.9. The first-order valence-electron chi connectivity index (χ1n) is 8.38. The van der Waals surface area contributed by atoms with Gasteiger partial charge in [0.1, 0.15) is 12.1 Å². The van der Waals surface area contributed by atoms with Crippen LogP contribution in [0, 0.1) is 5.82 Å². The Morgan fingerprint density at radius 1 is 0.926 bits per heavy atom. The van der Waals surface area contributed by atoms with E-state index in [0.29, 0.717) is 31.9 Å². The highest BCUT2D eigenvalue weighted by atomic mass is 32.2. The number of benzene rings is 2. The Labute approximate surface area is 155 Å². The summed E-state index contributed by atoms with van der Waals surface area (Å²) >= 11 is 0. The highest BCUT2D eigenvalue weighted by Crippen LogP contribution is 2.22. The van der Waals surface area contributed by atoms with Gasteiger partial charge in [-0.15, -0.1) is 5.10 Å². The number of piperazine rings is 1. The van der Waals surface area contributed by atoms with Crippen molar-refractivity contribution in [1.29, 1.82) is 0 Å². The Morgan fingerprint density at radius 3 is 2.33 bits per heavy atom. The molecule has 10 heteroatoms. The summed E-state index contributed by atoms with van der Waals surface area (Å²) in [4.78, 5) is 2.24. The first kappa shape index (κ1) is 17.6. The molecule has 8 nitrogen and oxygen atoms in total. The van der Waals surface area contributed by atoms with Crippen LogP contribution in [0.4, 0.5) is 10.1 Å². The molecule has 0 N–H and O–H groups in total. The van der Waals surface area contributed by atoms with E-state index in [-0.39, 0.29) is 10.7 Å². The van der Waals surface area contributed by atoms with Gasteiger partial charge in [-0.3, -0.25) is 0 Å². The van der Waals surface area contributed by atoms with E-state index in [1.165, 1.54) is 27.4 Å². The van der Waals surface area contributed by atoms with Gasteiger partial charge >= 0.3 is 0 Å². The van der Waals surface area contributed by atoms with Crippen LogP contribution in [0.1, 0.15) is 0 Å². The van der Waals surface area contributed by atoms with E-state index in [1.807, 2.05) is 4.90 Å². The molecule has 1 saturated heterocycles. The van der Waals surface area contributed by atoms with Crippen molar-refractivity contribution in [2.45, 2.75) is 4.90 Å². The third kappa shape index (κ3) is 3.53. The fourth-order valence-electron chi connectivity index (χ4n) is 3.05. The number of anilines is 1. The van der Waals surface area contributed by atoms with Gasteiger partial charge in [-0.2, -0.15) is 4.31 Å². The third-order valence-electron chi connectivity index (χ3n) is 4.50. The summed E-state index contributed by atoms with van der Waals surface area (Å²) in [6.07, 6.45) is 1.41. The number of halogens is 1. The molecule has 0 bridgehead atoms. The average Bonchev–Trinajstić information content (AvgIpc) is 3.24. The molecule has 0 atom stereocenters. The summed E-state index contributed by atoms with van der Waals surface area (Å²) in [5, 5.41) is 10.9. The molecule has 0 unspecified atom stereocenters. The molecule has 140 valence electrons. The minimum Gasteiger partial charge on any atom is -0.369 e. The molecule has 27 heavy (non-hydrogen) atoms. The van der Waals surface area contributed by atoms with E-state index < -0.39 is 10.0 Å². The topological polar surface area (TPSA) is 84.2 Å². The van der Waals surface area contributed by atoms with Crippen molar-refractivity contribution >= 4 is 15.7 Å². The fourth-order valence-corrected chi connectivity index (χ4v) is 4.52. The lowest BCUT2D eigenvalue weighted by atomic mass is 10.2. The van der Waals surface area contributed by atoms with E-state index in [4.69, 9.17) is 0 Å². The maximum Gasteiger partial charge on any atom is 0.243 e. The van der Waals surface area contributed by atoms with Crippen molar-refractivity contribution in [3.8, 4) is 5.69 Å². The summed E-state index contributed by atoms with van der Waals surface area (Å²) in [6, 6.07) is 12.7. The van der Waals surface area contributed by atoms with Gasteiger partial charge in [-0.25, -0.2) is 17.5 Å². The lowest BCUT2D eigenvalue weighted by molar-refractivity contribution is 0.385. The second-order valence-corrected chi connectivity index (χ2v) is 8.06. The number of sulfonamides is 1. The summed E-state index contributed by atoms with van der Waals surface area (Å²) in [5.74, 6) is -0.289. The number of aromatic nitrogens is 4. The Balaban J connectivity index is 1.50. The fraction of sp³-hybridized carbons (Fsp3) is 0.235. The van der Waals surface area contributed by atoms with E-state index in [2.05, 4.69) is 15.5 Å². The van der Waals surface area contributed by atoms with Crippen LogP contribution in [-0.4, -0.2) is 59.1 Å². The minimum absolute atomic E-state index is 0.200. The standard InChI is InChI=1S/C17H17FN6O2S/c18-14-4-6-15(7-5-14)22-8-10-23(11-9-22)27(25,26)17-3-1-2-16(12-17)24-13-19-20-21-24/h1-7,12-13H,8-11H2. The van der Waals surface area contributed by atoms with Gasteiger partial charge in [0.25, 0.3) is 0 Å². The van der Waals surface area contributed by atoms with Crippen LogP contribution < -0.4 is 4.90 Å². The van der Waals surface area contributed by atoms with Gasteiger partial charge in [-0.05, 0) is 52.9 Å². The van der Waals surface area contributed by atoms with Gasteiger partial charge in [0, 0.05) is 31.9 Å². The zero-order valence-corrected chi connectivity index (χ0v) is 15.1. The van der Waals surface area contributed by atoms with E-state index in [0.717, 1.165) is 5.69 Å². The van der Waals surface area contributed by atoms with Gasteiger partial charge < -0.3 is 4.90 Å². The molecule has 0 radical (unpaired) electrons. The Hall–Kier alpha value is -2.85. The molecule has 2 aromatic carbocycles. The van der Waals surface area contributed by atoms with Crippen molar-refractivity contribution in [3.05, 3.63) is 60.7 Å². The monoisotopic (exact) mass is 388 g/mol. The highest BCUT2D eigenvalue weighted by Gasteiger charge is 2.28. The normalized spacial score (nSPS) is 15.8. The third-order valence-corrected chi connectivity index (χ3v) is 6.39. The van der Waals surface area contributed by atoms with E-state index >= 15 is 0 Å². The molecule has 1 fully saturated rings. The molecule has 3 aromatic rings. The summed E-state index contributed by atoms with van der Waals surface area (Å²) in [5.41, 5.74) is 1.46. The van der Waals surface area contributed by atoms with Crippen LogP contribution in [0.2, 0.25) is 0 Å². The van der Waals surface area contributed by atoms with Crippen LogP contribution >= 0.6 is 0 Å². The van der Waals surface area contributed by atoms with Crippen LogP contribution in [0.25, 0.3) is 5.69 Å². The Kier molecular flexibility index (Phi) is 4.58. The number of tetrazole rings is 1. The summed E-state index contributed by atoms with van der Waals surface area (Å²) in [7, 11) is -3.62. The highest BCUT2D eigenvalue weighted by molar-refractivity contribution is 7.89. The molecule has 2 heterocycles. The van der Waals surface area contributed by atoms with Gasteiger partial charge in [-0.1, -0.05) is 6.07 Å². The van der Waals surface area contributed by atoms with Crippen molar-refractivity contribution in [3.63, 3.8) is 0 Å². The van der Waals surface area contributed by atoms with Crippen molar-refractivity contribution < 1.29 is 12.8 Å². The van der Waals surface area contributed by atoms with Gasteiger partial charge in [0.05, 0.1) is 10.6 Å². The minimum atomic E-state index is -3.62. The first-order valence-corrected chi connectivity index (χ1v) is 9.82. The first-order chi connectivity index (χ1) is 13.0. The smallest absolute Gasteiger partial charge is 0.243 e. The lowest BCUT2D eigenvalue weighted by Gasteiger charge is -2.35. The number of nitrogens with zero attached hydrogens (tertiary/aromatic N) is 6. The Morgan fingerprint density at radius 2 is 1.67 bits per heavy atom. The number of hydrogen-bond donors (Lipinski definition) is 0. The van der Waals surface area contributed by atoms with Gasteiger partial charge in [0.15, 0.2) is 0 Å². The maximum atomic E-state index is 13.1. The Bertz CT molecular complexity index is 1020. The van der Waals surface area contributed by atoms with Gasteiger partial charge in [0.2, 0.25) is 10.0 Å². The van der Waals surface area contributed by atoms with Crippen LogP contribution in [0.3, 0.4) is 0 Å². The van der Waals surface area contributed by atoms with Crippen LogP contribution in [-0.2, 0) is 10.0 Å². The molecular formula is C17H17FN6O2S. The molecule has 4 rings (SSSR count). The molecule has 0 spiro atoms. The molecule has 1 aromatic heterocycles. The summed E-state index contributed by atoms with van der Waals surface area (Å²) in [6.45, 7) is 1.79. The van der Waals surface area contributed by atoms with Crippen molar-refractivity contribution in [1.82, 2.24) is 24.5 Å². The molecular weight excluding hydrogens is 371 g/mol. The number of hydrogen-bond acceptors (Lipinski definition) is 6. The van der Waals surface area contributed by atoms with Crippen LogP contribution in [0.15, 0.2) is 59.8 Å². The SMILES string of the molecule is O=S(=O)(c1cccc(-n2cnnn2)c1)N1CCN(c2ccc(F)cc2)CC1. The quantitative estimate of drug-likeness (QED) is 0.670. The lowest BCUT2D eigenvalue weighted by Crippen LogP contribution is -2.48. The predicted molar refractivity (Wildman–Crippen MR) is 96.5 cm³/mol. The zero-order valence-electron chi connectivity index (χ0n) is 14.3. The van der Waals surface area contributed by atoms with Crippen molar-refractivity contribution in [2.75, 3.05) is 31.1 Å². The molecule has 0 aliphatic carbocycles. The second kappa shape index (κ2) is 7.05. The average molecular weight is 388 g/mol. The second-order valence-electron chi connectivity index (χ2n) is 6.12. The largest absolute Gasteiger partial charge is 0.369 e. The predicted octanol–water partition coefficient (Wildman–Crippen LogP) is 1.31. The maximum absolute atomic E-state index is 13.1. The van der Waals surface area contributed by atoms with Crippen LogP contribution in [0.5, 0.6) is 0 Å². The molecule has 1 aliphatic heterocycles. The van der Waals surface area contributed by atoms with Crippen molar-refractivity contribution in [2.24, 2.45) is 0 Å². The number of rotatable bonds is 4.